The summed E-state index contributed by atoms with van der Waals surface area (Å²) in [6.45, 7) is 5.78. The first-order valence-corrected chi connectivity index (χ1v) is 7.38. The van der Waals surface area contributed by atoms with Crippen molar-refractivity contribution in [2.24, 2.45) is 5.73 Å². The molecule has 0 amide bonds. The second-order valence-corrected chi connectivity index (χ2v) is 5.35. The summed E-state index contributed by atoms with van der Waals surface area (Å²) < 4.78 is 2.07. The number of rotatable bonds is 5. The molecule has 2 aromatic rings. The lowest BCUT2D eigenvalue weighted by atomic mass is 9.98. The van der Waals surface area contributed by atoms with Crippen molar-refractivity contribution in [3.05, 3.63) is 47.8 Å². The second kappa shape index (κ2) is 5.67. The average molecular weight is 270 g/mol. The van der Waals surface area contributed by atoms with Gasteiger partial charge >= 0.3 is 0 Å². The van der Waals surface area contributed by atoms with Crippen LogP contribution in [0.1, 0.15) is 30.5 Å². The largest absolute Gasteiger partial charge is 0.365 e. The molecule has 1 aromatic heterocycles. The summed E-state index contributed by atoms with van der Waals surface area (Å²) in [5.74, 6) is 0.564. The summed E-state index contributed by atoms with van der Waals surface area (Å²) in [5.41, 5.74) is 9.83. The molecule has 1 unspecified atom stereocenters. The molecule has 1 aliphatic heterocycles. The number of fused-ring (bicyclic) bond motifs is 1. The van der Waals surface area contributed by atoms with Crippen LogP contribution in [0, 0.1) is 0 Å². The molecule has 0 saturated heterocycles. The molecule has 0 radical (unpaired) electrons. The van der Waals surface area contributed by atoms with Crippen molar-refractivity contribution >= 4 is 5.69 Å². The molecule has 0 aliphatic carbocycles. The van der Waals surface area contributed by atoms with E-state index >= 15 is 0 Å². The quantitative estimate of drug-likeness (QED) is 0.907. The monoisotopic (exact) mass is 270 g/mol. The number of para-hydroxylation sites is 1. The lowest BCUT2D eigenvalue weighted by Crippen LogP contribution is -2.23. The van der Waals surface area contributed by atoms with E-state index in [9.17, 15) is 0 Å². The van der Waals surface area contributed by atoms with Gasteiger partial charge in [-0.2, -0.15) is 5.10 Å². The van der Waals surface area contributed by atoms with Crippen molar-refractivity contribution in [1.29, 1.82) is 0 Å². The fourth-order valence-electron chi connectivity index (χ4n) is 3.16. The minimum Gasteiger partial charge on any atom is -0.365 e. The van der Waals surface area contributed by atoms with E-state index in [1.807, 2.05) is 6.20 Å². The Kier molecular flexibility index (Phi) is 3.74. The van der Waals surface area contributed by atoms with Crippen molar-refractivity contribution in [2.75, 3.05) is 18.0 Å². The number of nitrogens with two attached hydrogens (primary N) is 1. The third kappa shape index (κ3) is 2.31. The Morgan fingerprint density at radius 1 is 1.30 bits per heavy atom. The SMILES string of the molecule is CCn1nccc1CN1CC(CCN)c2ccccc21. The van der Waals surface area contributed by atoms with E-state index in [1.54, 1.807) is 0 Å². The van der Waals surface area contributed by atoms with Crippen LogP contribution in [0.15, 0.2) is 36.5 Å². The maximum Gasteiger partial charge on any atom is 0.0599 e. The van der Waals surface area contributed by atoms with Crippen molar-refractivity contribution < 1.29 is 0 Å². The van der Waals surface area contributed by atoms with E-state index in [-0.39, 0.29) is 0 Å². The lowest BCUT2D eigenvalue weighted by molar-refractivity contribution is 0.596. The molecule has 4 nitrogen and oxygen atoms in total. The highest BCUT2D eigenvalue weighted by atomic mass is 15.3. The fourth-order valence-corrected chi connectivity index (χ4v) is 3.16. The number of hydrogen-bond acceptors (Lipinski definition) is 3. The number of anilines is 1. The number of benzene rings is 1. The molecule has 106 valence electrons. The number of aryl methyl sites for hydroxylation is 1. The van der Waals surface area contributed by atoms with Crippen LogP contribution in [-0.2, 0) is 13.1 Å². The van der Waals surface area contributed by atoms with Crippen molar-refractivity contribution in [3.8, 4) is 0 Å². The van der Waals surface area contributed by atoms with Crippen LogP contribution < -0.4 is 10.6 Å². The summed E-state index contributed by atoms with van der Waals surface area (Å²) in [5, 5.41) is 4.36. The standard InChI is InChI=1S/C16H22N4/c1-2-20-14(8-10-18-20)12-19-11-13(7-9-17)15-5-3-4-6-16(15)19/h3-6,8,10,13H,2,7,9,11-12,17H2,1H3. The number of aromatic nitrogens is 2. The first-order valence-electron chi connectivity index (χ1n) is 7.38. The third-order valence-electron chi connectivity index (χ3n) is 4.13. The maximum atomic E-state index is 5.76. The van der Waals surface area contributed by atoms with Gasteiger partial charge in [-0.05, 0) is 37.6 Å². The van der Waals surface area contributed by atoms with E-state index in [2.05, 4.69) is 51.9 Å². The number of hydrogen-bond donors (Lipinski definition) is 1. The molecule has 1 atom stereocenters. The first-order chi connectivity index (χ1) is 9.83. The Hall–Kier alpha value is -1.81. The molecule has 20 heavy (non-hydrogen) atoms. The number of nitrogens with zero attached hydrogens (tertiary/aromatic N) is 3. The summed E-state index contributed by atoms with van der Waals surface area (Å²) >= 11 is 0. The first kappa shape index (κ1) is 13.2. The van der Waals surface area contributed by atoms with Gasteiger partial charge in [0.05, 0.1) is 12.2 Å². The van der Waals surface area contributed by atoms with E-state index < -0.39 is 0 Å². The van der Waals surface area contributed by atoms with Crippen LogP contribution in [0.4, 0.5) is 5.69 Å². The molecule has 0 spiro atoms. The summed E-state index contributed by atoms with van der Waals surface area (Å²) in [7, 11) is 0. The van der Waals surface area contributed by atoms with E-state index in [0.29, 0.717) is 5.92 Å². The predicted octanol–water partition coefficient (Wildman–Crippen LogP) is 2.36. The van der Waals surface area contributed by atoms with Gasteiger partial charge in [-0.3, -0.25) is 4.68 Å². The predicted molar refractivity (Wildman–Crippen MR) is 81.8 cm³/mol. The molecule has 1 aromatic carbocycles. The molecule has 0 fully saturated rings. The Labute approximate surface area is 120 Å². The van der Waals surface area contributed by atoms with Gasteiger partial charge in [0.2, 0.25) is 0 Å². The highest BCUT2D eigenvalue weighted by Crippen LogP contribution is 2.38. The summed E-state index contributed by atoms with van der Waals surface area (Å²) in [4.78, 5) is 2.46. The Morgan fingerprint density at radius 3 is 2.95 bits per heavy atom. The maximum absolute atomic E-state index is 5.76. The minimum atomic E-state index is 0.564. The van der Waals surface area contributed by atoms with Gasteiger partial charge in [-0.1, -0.05) is 18.2 Å². The van der Waals surface area contributed by atoms with Crippen molar-refractivity contribution in [1.82, 2.24) is 9.78 Å². The van der Waals surface area contributed by atoms with Gasteiger partial charge in [-0.15, -0.1) is 0 Å². The van der Waals surface area contributed by atoms with Crippen LogP contribution in [0.5, 0.6) is 0 Å². The van der Waals surface area contributed by atoms with Crippen molar-refractivity contribution in [2.45, 2.75) is 32.4 Å². The lowest BCUT2D eigenvalue weighted by Gasteiger charge is -2.20. The Balaban J connectivity index is 1.85. The van der Waals surface area contributed by atoms with Crippen LogP contribution in [-0.4, -0.2) is 22.9 Å². The van der Waals surface area contributed by atoms with E-state index in [4.69, 9.17) is 5.73 Å². The third-order valence-corrected chi connectivity index (χ3v) is 4.13. The molecule has 0 bridgehead atoms. The van der Waals surface area contributed by atoms with Crippen LogP contribution in [0.2, 0.25) is 0 Å². The molecule has 0 saturated carbocycles. The normalized spacial score (nSPS) is 17.5. The molecule has 2 heterocycles. The summed E-state index contributed by atoms with van der Waals surface area (Å²) in [6, 6.07) is 10.8. The Morgan fingerprint density at radius 2 is 2.15 bits per heavy atom. The average Bonchev–Trinajstić information content (AvgIpc) is 3.06. The molecule has 1 aliphatic rings. The molecule has 4 heteroatoms. The highest BCUT2D eigenvalue weighted by Gasteiger charge is 2.27. The zero-order chi connectivity index (χ0) is 13.9. The van der Waals surface area contributed by atoms with Gasteiger partial charge in [0.15, 0.2) is 0 Å². The minimum absolute atomic E-state index is 0.564. The van der Waals surface area contributed by atoms with Gasteiger partial charge < -0.3 is 10.6 Å². The molecule has 2 N–H and O–H groups in total. The topological polar surface area (TPSA) is 47.1 Å². The zero-order valence-corrected chi connectivity index (χ0v) is 12.0. The van der Waals surface area contributed by atoms with Gasteiger partial charge in [0.25, 0.3) is 0 Å². The van der Waals surface area contributed by atoms with Crippen molar-refractivity contribution in [3.63, 3.8) is 0 Å². The van der Waals surface area contributed by atoms with Gasteiger partial charge in [0, 0.05) is 30.9 Å². The second-order valence-electron chi connectivity index (χ2n) is 5.35. The zero-order valence-electron chi connectivity index (χ0n) is 12.0. The Bertz CT molecular complexity index is 575. The van der Waals surface area contributed by atoms with Crippen LogP contribution in [0.25, 0.3) is 0 Å². The summed E-state index contributed by atoms with van der Waals surface area (Å²) in [6.07, 6.45) is 2.94. The van der Waals surface area contributed by atoms with Gasteiger partial charge in [0.1, 0.15) is 0 Å². The van der Waals surface area contributed by atoms with Crippen LogP contribution >= 0.6 is 0 Å². The molecular weight excluding hydrogens is 248 g/mol. The van der Waals surface area contributed by atoms with E-state index in [1.165, 1.54) is 16.9 Å². The van der Waals surface area contributed by atoms with Gasteiger partial charge in [-0.25, -0.2) is 0 Å². The molecule has 3 rings (SSSR count). The highest BCUT2D eigenvalue weighted by molar-refractivity contribution is 5.60. The smallest absolute Gasteiger partial charge is 0.0599 e. The fraction of sp³-hybridized carbons (Fsp3) is 0.438. The molecular formula is C16H22N4. The van der Waals surface area contributed by atoms with E-state index in [0.717, 1.165) is 32.6 Å². The van der Waals surface area contributed by atoms with Crippen LogP contribution in [0.3, 0.4) is 0 Å².